The Kier molecular flexibility index (Phi) is 5.15. The van der Waals surface area contributed by atoms with Crippen LogP contribution in [0.3, 0.4) is 0 Å². The Morgan fingerprint density at radius 1 is 1.40 bits per heavy atom. The Morgan fingerprint density at radius 2 is 2.00 bits per heavy atom. The molecule has 1 aliphatic carbocycles. The lowest BCUT2D eigenvalue weighted by molar-refractivity contribution is -0.195. The number of aliphatic carboxylic acids is 1. The fourth-order valence-corrected chi connectivity index (χ4v) is 2.55. The van der Waals surface area contributed by atoms with Gasteiger partial charge in [0.1, 0.15) is 12.1 Å². The molecule has 2 atom stereocenters. The maximum atomic E-state index is 11.9. The van der Waals surface area contributed by atoms with Crippen molar-refractivity contribution >= 4 is 11.9 Å². The molecule has 0 aromatic rings. The number of amides is 1. The molecule has 1 rings (SSSR count). The summed E-state index contributed by atoms with van der Waals surface area (Å²) < 4.78 is 10.7. The summed E-state index contributed by atoms with van der Waals surface area (Å²) in [4.78, 5) is 23.5. The summed E-state index contributed by atoms with van der Waals surface area (Å²) >= 11 is 0. The van der Waals surface area contributed by atoms with Crippen LogP contribution < -0.4 is 5.32 Å². The van der Waals surface area contributed by atoms with Crippen molar-refractivity contribution in [3.05, 3.63) is 0 Å². The fraction of sp³-hybridized carbons (Fsp3) is 0.857. The normalized spacial score (nSPS) is 28.0. The van der Waals surface area contributed by atoms with E-state index >= 15 is 0 Å². The summed E-state index contributed by atoms with van der Waals surface area (Å²) in [6.07, 6.45) is 0.0263. The highest BCUT2D eigenvalue weighted by Gasteiger charge is 2.66. The number of nitrogens with one attached hydrogen (secondary N) is 1. The number of ether oxygens (including phenoxy) is 2. The van der Waals surface area contributed by atoms with E-state index in [2.05, 4.69) is 5.32 Å². The van der Waals surface area contributed by atoms with E-state index in [1.807, 2.05) is 20.8 Å². The highest BCUT2D eigenvalue weighted by molar-refractivity contribution is 5.89. The first-order chi connectivity index (χ1) is 9.17. The zero-order valence-corrected chi connectivity index (χ0v) is 12.9. The summed E-state index contributed by atoms with van der Waals surface area (Å²) in [6.45, 7) is 9.49. The maximum absolute atomic E-state index is 11.9. The molecule has 6 nitrogen and oxygen atoms in total. The predicted octanol–water partition coefficient (Wildman–Crippen LogP) is 1.19. The average molecular weight is 287 g/mol. The lowest BCUT2D eigenvalue weighted by Crippen LogP contribution is -2.76. The van der Waals surface area contributed by atoms with Crippen LogP contribution in [0.4, 0.5) is 0 Å². The number of rotatable bonds is 7. The molecule has 0 saturated heterocycles. The lowest BCUT2D eigenvalue weighted by Gasteiger charge is -2.58. The summed E-state index contributed by atoms with van der Waals surface area (Å²) in [7, 11) is 0. The third-order valence-electron chi connectivity index (χ3n) is 4.03. The second-order valence-electron chi connectivity index (χ2n) is 5.99. The first kappa shape index (κ1) is 16.9. The zero-order chi connectivity index (χ0) is 15.6. The highest BCUT2D eigenvalue weighted by Crippen LogP contribution is 2.51. The van der Waals surface area contributed by atoms with Gasteiger partial charge in [0.25, 0.3) is 0 Å². The molecule has 0 aromatic carbocycles. The van der Waals surface area contributed by atoms with Crippen LogP contribution in [0.25, 0.3) is 0 Å². The maximum Gasteiger partial charge on any atom is 0.330 e. The van der Waals surface area contributed by atoms with E-state index in [1.54, 1.807) is 13.8 Å². The molecule has 0 aromatic heterocycles. The number of carboxylic acid groups (broad SMARTS) is 1. The molecule has 6 heteroatoms. The quantitative estimate of drug-likeness (QED) is 0.734. The SMILES string of the molecule is CCOC1CC(NC(=O)COC(C)C)(C(=O)O)C1(C)C. The molecule has 0 spiro atoms. The standard InChI is InChI=1S/C14H25NO5/c1-6-19-10-7-14(12(17)18,13(10,4)5)15-11(16)8-20-9(2)3/h9-10H,6-8H2,1-5H3,(H,15,16)(H,17,18). The summed E-state index contributed by atoms with van der Waals surface area (Å²) in [5.41, 5.74) is -1.95. The molecule has 2 N–H and O–H groups in total. The van der Waals surface area contributed by atoms with Gasteiger partial charge in [-0.1, -0.05) is 13.8 Å². The Balaban J connectivity index is 2.76. The molecule has 1 amide bonds. The predicted molar refractivity (Wildman–Crippen MR) is 73.4 cm³/mol. The fourth-order valence-electron chi connectivity index (χ4n) is 2.55. The first-order valence-electron chi connectivity index (χ1n) is 6.95. The minimum Gasteiger partial charge on any atom is -0.479 e. The molecule has 2 unspecified atom stereocenters. The third-order valence-corrected chi connectivity index (χ3v) is 4.03. The van der Waals surface area contributed by atoms with E-state index in [4.69, 9.17) is 9.47 Å². The Hall–Kier alpha value is -1.14. The van der Waals surface area contributed by atoms with Crippen molar-refractivity contribution in [2.24, 2.45) is 5.41 Å². The van der Waals surface area contributed by atoms with Crippen molar-refractivity contribution in [2.75, 3.05) is 13.2 Å². The van der Waals surface area contributed by atoms with E-state index in [-0.39, 0.29) is 25.2 Å². The van der Waals surface area contributed by atoms with Crippen molar-refractivity contribution in [1.82, 2.24) is 5.32 Å². The smallest absolute Gasteiger partial charge is 0.330 e. The lowest BCUT2D eigenvalue weighted by atomic mass is 9.54. The Bertz CT molecular complexity index is 380. The van der Waals surface area contributed by atoms with Gasteiger partial charge in [0, 0.05) is 18.4 Å². The van der Waals surface area contributed by atoms with Gasteiger partial charge in [0.05, 0.1) is 12.2 Å². The van der Waals surface area contributed by atoms with Crippen LogP contribution in [0.2, 0.25) is 0 Å². The molecule has 20 heavy (non-hydrogen) atoms. The first-order valence-corrected chi connectivity index (χ1v) is 6.95. The third kappa shape index (κ3) is 2.96. The van der Waals surface area contributed by atoms with Crippen LogP contribution in [0.15, 0.2) is 0 Å². The second kappa shape index (κ2) is 6.10. The van der Waals surface area contributed by atoms with Crippen LogP contribution in [0.5, 0.6) is 0 Å². The molecule has 1 fully saturated rings. The van der Waals surface area contributed by atoms with Gasteiger partial charge in [-0.25, -0.2) is 4.79 Å². The van der Waals surface area contributed by atoms with E-state index in [0.717, 1.165) is 0 Å². The highest BCUT2D eigenvalue weighted by atomic mass is 16.5. The van der Waals surface area contributed by atoms with Crippen molar-refractivity contribution in [2.45, 2.75) is 58.8 Å². The minimum absolute atomic E-state index is 0.0768. The van der Waals surface area contributed by atoms with Gasteiger partial charge in [-0.15, -0.1) is 0 Å². The van der Waals surface area contributed by atoms with Crippen molar-refractivity contribution < 1.29 is 24.2 Å². The molecule has 0 aliphatic heterocycles. The number of hydrogen-bond donors (Lipinski definition) is 2. The van der Waals surface area contributed by atoms with Crippen LogP contribution in [0.1, 0.15) is 41.0 Å². The molecule has 1 aliphatic rings. The van der Waals surface area contributed by atoms with E-state index < -0.39 is 22.8 Å². The molecule has 1 saturated carbocycles. The Labute approximate surface area is 119 Å². The van der Waals surface area contributed by atoms with Gasteiger partial charge in [-0.3, -0.25) is 4.79 Å². The largest absolute Gasteiger partial charge is 0.479 e. The number of carbonyl (C=O) groups excluding carboxylic acids is 1. The average Bonchev–Trinajstić information content (AvgIpc) is 2.34. The van der Waals surface area contributed by atoms with E-state index in [9.17, 15) is 14.7 Å². The summed E-state index contributed by atoms with van der Waals surface area (Å²) in [5.74, 6) is -1.44. The van der Waals surface area contributed by atoms with Crippen molar-refractivity contribution in [3.8, 4) is 0 Å². The summed E-state index contributed by atoms with van der Waals surface area (Å²) in [5, 5.41) is 12.1. The van der Waals surface area contributed by atoms with Gasteiger partial charge >= 0.3 is 5.97 Å². The molecular formula is C14H25NO5. The van der Waals surface area contributed by atoms with E-state index in [1.165, 1.54) is 0 Å². The van der Waals surface area contributed by atoms with Crippen LogP contribution >= 0.6 is 0 Å². The molecule has 116 valence electrons. The van der Waals surface area contributed by atoms with Gasteiger partial charge in [-0.05, 0) is 20.8 Å². The zero-order valence-electron chi connectivity index (χ0n) is 12.9. The van der Waals surface area contributed by atoms with Crippen LogP contribution in [-0.2, 0) is 19.1 Å². The minimum atomic E-state index is -1.29. The second-order valence-corrected chi connectivity index (χ2v) is 5.99. The monoisotopic (exact) mass is 287 g/mol. The number of hydrogen-bond acceptors (Lipinski definition) is 4. The van der Waals surface area contributed by atoms with Gasteiger partial charge in [-0.2, -0.15) is 0 Å². The molecule has 0 radical (unpaired) electrons. The van der Waals surface area contributed by atoms with Gasteiger partial charge in [0.15, 0.2) is 0 Å². The van der Waals surface area contributed by atoms with Gasteiger partial charge < -0.3 is 19.9 Å². The number of carboxylic acids is 1. The molecule has 0 heterocycles. The Morgan fingerprint density at radius 3 is 2.40 bits per heavy atom. The molecule has 0 bridgehead atoms. The van der Waals surface area contributed by atoms with E-state index in [0.29, 0.717) is 6.61 Å². The topological polar surface area (TPSA) is 84.9 Å². The number of carbonyl (C=O) groups is 2. The molecular weight excluding hydrogens is 262 g/mol. The van der Waals surface area contributed by atoms with Crippen molar-refractivity contribution in [1.29, 1.82) is 0 Å². The van der Waals surface area contributed by atoms with Crippen LogP contribution in [0, 0.1) is 5.41 Å². The van der Waals surface area contributed by atoms with Crippen LogP contribution in [-0.4, -0.2) is 47.9 Å². The summed E-state index contributed by atoms with van der Waals surface area (Å²) in [6, 6.07) is 0. The van der Waals surface area contributed by atoms with Crippen molar-refractivity contribution in [3.63, 3.8) is 0 Å². The van der Waals surface area contributed by atoms with Gasteiger partial charge in [0.2, 0.25) is 5.91 Å².